The third-order valence-electron chi connectivity index (χ3n) is 4.54. The van der Waals surface area contributed by atoms with Crippen molar-refractivity contribution in [1.82, 2.24) is 10.2 Å². The van der Waals surface area contributed by atoms with E-state index in [4.69, 9.17) is 16.7 Å². The summed E-state index contributed by atoms with van der Waals surface area (Å²) in [6.45, 7) is 1.05. The summed E-state index contributed by atoms with van der Waals surface area (Å²) in [5, 5.41) is 12.6. The topological polar surface area (TPSA) is 69.6 Å². The number of nitrogens with one attached hydrogen (secondary N) is 1. The molecular formula is C20H21ClN2O3. The van der Waals surface area contributed by atoms with E-state index in [1.165, 1.54) is 0 Å². The number of rotatable bonds is 6. The number of halogens is 1. The number of carboxylic acid groups (broad SMARTS) is 1. The fourth-order valence-corrected chi connectivity index (χ4v) is 3.39. The summed E-state index contributed by atoms with van der Waals surface area (Å²) in [6, 6.07) is 15.0. The second kappa shape index (κ2) is 8.23. The number of hydrogen-bond acceptors (Lipinski definition) is 2. The molecule has 2 N–H and O–H groups in total. The molecule has 26 heavy (non-hydrogen) atoms. The SMILES string of the molecule is O=C(O)CCC(Cc1ccccc1)NC(=O)N1Cc2ccc(Cl)cc2C1. The molecule has 1 atom stereocenters. The number of carbonyl (C=O) groups is 2. The van der Waals surface area contributed by atoms with Crippen molar-refractivity contribution in [3.05, 3.63) is 70.2 Å². The highest BCUT2D eigenvalue weighted by Crippen LogP contribution is 2.25. The highest BCUT2D eigenvalue weighted by molar-refractivity contribution is 6.30. The van der Waals surface area contributed by atoms with Gasteiger partial charge in [0.2, 0.25) is 0 Å². The van der Waals surface area contributed by atoms with Crippen LogP contribution < -0.4 is 5.32 Å². The summed E-state index contributed by atoms with van der Waals surface area (Å²) in [5.41, 5.74) is 3.21. The zero-order valence-corrected chi connectivity index (χ0v) is 15.1. The van der Waals surface area contributed by atoms with Crippen molar-refractivity contribution in [3.63, 3.8) is 0 Å². The molecule has 0 bridgehead atoms. The van der Waals surface area contributed by atoms with E-state index in [-0.39, 0.29) is 18.5 Å². The second-order valence-electron chi connectivity index (χ2n) is 6.54. The molecule has 3 rings (SSSR count). The number of nitrogens with zero attached hydrogens (tertiary/aromatic N) is 1. The van der Waals surface area contributed by atoms with Crippen LogP contribution >= 0.6 is 11.6 Å². The summed E-state index contributed by atoms with van der Waals surface area (Å²) >= 11 is 6.02. The third-order valence-corrected chi connectivity index (χ3v) is 4.77. The van der Waals surface area contributed by atoms with Crippen LogP contribution in [0.2, 0.25) is 5.02 Å². The first-order valence-electron chi connectivity index (χ1n) is 8.60. The van der Waals surface area contributed by atoms with Gasteiger partial charge >= 0.3 is 12.0 Å². The summed E-state index contributed by atoms with van der Waals surface area (Å²) in [7, 11) is 0. The van der Waals surface area contributed by atoms with Crippen molar-refractivity contribution in [2.45, 2.75) is 38.4 Å². The van der Waals surface area contributed by atoms with E-state index in [0.29, 0.717) is 31.0 Å². The van der Waals surface area contributed by atoms with E-state index in [1.54, 1.807) is 4.90 Å². The van der Waals surface area contributed by atoms with Gasteiger partial charge in [-0.15, -0.1) is 0 Å². The molecule has 2 amide bonds. The van der Waals surface area contributed by atoms with Gasteiger partial charge in [-0.3, -0.25) is 4.79 Å². The zero-order chi connectivity index (χ0) is 18.5. The number of carbonyl (C=O) groups excluding carboxylic acids is 1. The molecule has 2 aromatic rings. The Labute approximate surface area is 157 Å². The Morgan fingerprint density at radius 1 is 1.12 bits per heavy atom. The van der Waals surface area contributed by atoms with Gasteiger partial charge in [0, 0.05) is 30.6 Å². The quantitative estimate of drug-likeness (QED) is 0.809. The van der Waals surface area contributed by atoms with E-state index in [1.807, 2.05) is 48.5 Å². The normalized spacial score (nSPS) is 14.0. The van der Waals surface area contributed by atoms with Crippen LogP contribution in [-0.2, 0) is 24.3 Å². The van der Waals surface area contributed by atoms with Crippen molar-refractivity contribution in [2.24, 2.45) is 0 Å². The molecule has 136 valence electrons. The van der Waals surface area contributed by atoms with Crippen molar-refractivity contribution < 1.29 is 14.7 Å². The molecule has 0 fully saturated rings. The van der Waals surface area contributed by atoms with Gasteiger partial charge in [0.15, 0.2) is 0 Å². The van der Waals surface area contributed by atoms with Crippen LogP contribution in [0.25, 0.3) is 0 Å². The number of amides is 2. The second-order valence-corrected chi connectivity index (χ2v) is 6.97. The molecular weight excluding hydrogens is 352 g/mol. The van der Waals surface area contributed by atoms with Crippen molar-refractivity contribution in [1.29, 1.82) is 0 Å². The highest BCUT2D eigenvalue weighted by atomic mass is 35.5. The molecule has 1 heterocycles. The van der Waals surface area contributed by atoms with Crippen LogP contribution in [0, 0.1) is 0 Å². The maximum atomic E-state index is 12.7. The summed E-state index contributed by atoms with van der Waals surface area (Å²) < 4.78 is 0. The predicted octanol–water partition coefficient (Wildman–Crippen LogP) is 3.84. The Hall–Kier alpha value is -2.53. The number of benzene rings is 2. The van der Waals surface area contributed by atoms with E-state index < -0.39 is 5.97 Å². The van der Waals surface area contributed by atoms with Gasteiger partial charge < -0.3 is 15.3 Å². The van der Waals surface area contributed by atoms with Gasteiger partial charge in [0.1, 0.15) is 0 Å². The minimum absolute atomic E-state index is 0.0214. The maximum absolute atomic E-state index is 12.7. The van der Waals surface area contributed by atoms with Gasteiger partial charge in [0.25, 0.3) is 0 Å². The van der Waals surface area contributed by atoms with Crippen LogP contribution in [-0.4, -0.2) is 28.0 Å². The van der Waals surface area contributed by atoms with Crippen LogP contribution in [0.15, 0.2) is 48.5 Å². The Kier molecular flexibility index (Phi) is 5.78. The molecule has 1 unspecified atom stereocenters. The molecule has 0 aliphatic carbocycles. The van der Waals surface area contributed by atoms with Crippen LogP contribution in [0.5, 0.6) is 0 Å². The lowest BCUT2D eigenvalue weighted by Crippen LogP contribution is -2.43. The lowest BCUT2D eigenvalue weighted by Gasteiger charge is -2.23. The van der Waals surface area contributed by atoms with Crippen molar-refractivity contribution in [3.8, 4) is 0 Å². The largest absolute Gasteiger partial charge is 0.481 e. The molecule has 0 aromatic heterocycles. The Morgan fingerprint density at radius 3 is 2.58 bits per heavy atom. The van der Waals surface area contributed by atoms with E-state index in [9.17, 15) is 9.59 Å². The van der Waals surface area contributed by atoms with Crippen LogP contribution in [0.1, 0.15) is 29.5 Å². The molecule has 0 spiro atoms. The Balaban J connectivity index is 1.64. The van der Waals surface area contributed by atoms with Crippen LogP contribution in [0.4, 0.5) is 4.79 Å². The summed E-state index contributed by atoms with van der Waals surface area (Å²) in [6.07, 6.45) is 1.02. The lowest BCUT2D eigenvalue weighted by atomic mass is 10.0. The minimum atomic E-state index is -0.861. The number of hydrogen-bond donors (Lipinski definition) is 2. The van der Waals surface area contributed by atoms with Crippen molar-refractivity contribution >= 4 is 23.6 Å². The van der Waals surface area contributed by atoms with Crippen molar-refractivity contribution in [2.75, 3.05) is 0 Å². The first-order valence-corrected chi connectivity index (χ1v) is 8.97. The Morgan fingerprint density at radius 2 is 1.85 bits per heavy atom. The highest BCUT2D eigenvalue weighted by Gasteiger charge is 2.25. The van der Waals surface area contributed by atoms with Crippen LogP contribution in [0.3, 0.4) is 0 Å². The molecule has 1 aliphatic rings. The number of urea groups is 1. The Bertz CT molecular complexity index is 795. The number of carboxylic acids is 1. The fourth-order valence-electron chi connectivity index (χ4n) is 3.19. The maximum Gasteiger partial charge on any atom is 0.318 e. The van der Waals surface area contributed by atoms with E-state index in [2.05, 4.69) is 5.32 Å². The molecule has 0 radical (unpaired) electrons. The summed E-state index contributed by atoms with van der Waals surface area (Å²) in [5.74, 6) is -0.861. The average Bonchev–Trinajstić information content (AvgIpc) is 3.03. The smallest absolute Gasteiger partial charge is 0.318 e. The van der Waals surface area contributed by atoms with Gasteiger partial charge in [-0.2, -0.15) is 0 Å². The lowest BCUT2D eigenvalue weighted by molar-refractivity contribution is -0.137. The first kappa shape index (κ1) is 18.3. The van der Waals surface area contributed by atoms with Gasteiger partial charge in [0.05, 0.1) is 0 Å². The molecule has 1 aliphatic heterocycles. The van der Waals surface area contributed by atoms with E-state index >= 15 is 0 Å². The molecule has 0 saturated heterocycles. The molecule has 0 saturated carbocycles. The number of aliphatic carboxylic acids is 1. The standard InChI is InChI=1S/C20H21ClN2O3/c21-17-7-6-15-12-23(13-16(15)11-17)20(26)22-18(8-9-19(24)25)10-14-4-2-1-3-5-14/h1-7,11,18H,8-10,12-13H2,(H,22,26)(H,24,25). The monoisotopic (exact) mass is 372 g/mol. The first-order chi connectivity index (χ1) is 12.5. The fraction of sp³-hybridized carbons (Fsp3) is 0.300. The minimum Gasteiger partial charge on any atom is -0.481 e. The van der Waals surface area contributed by atoms with Gasteiger partial charge in [-0.05, 0) is 41.7 Å². The van der Waals surface area contributed by atoms with Gasteiger partial charge in [-0.1, -0.05) is 48.0 Å². The predicted molar refractivity (Wildman–Crippen MR) is 100 cm³/mol. The average molecular weight is 373 g/mol. The summed E-state index contributed by atoms with van der Waals surface area (Å²) in [4.78, 5) is 25.3. The zero-order valence-electron chi connectivity index (χ0n) is 14.3. The van der Waals surface area contributed by atoms with Gasteiger partial charge in [-0.25, -0.2) is 4.79 Å². The van der Waals surface area contributed by atoms with E-state index in [0.717, 1.165) is 16.7 Å². The molecule has 5 nitrogen and oxygen atoms in total. The molecule has 2 aromatic carbocycles. The third kappa shape index (κ3) is 4.76. The molecule has 6 heteroatoms. The number of fused-ring (bicyclic) bond motifs is 1.